The molecule has 0 bridgehead atoms. The highest BCUT2D eigenvalue weighted by Crippen LogP contribution is 2.42. The molecular formula is C41H47N5O8. The van der Waals surface area contributed by atoms with Gasteiger partial charge in [-0.15, -0.1) is 0 Å². The predicted octanol–water partition coefficient (Wildman–Crippen LogP) is 5.28. The summed E-state index contributed by atoms with van der Waals surface area (Å²) in [5, 5.41) is 26.3. The van der Waals surface area contributed by atoms with Gasteiger partial charge in [-0.25, -0.2) is 9.59 Å². The zero-order valence-electron chi connectivity index (χ0n) is 30.5. The van der Waals surface area contributed by atoms with Gasteiger partial charge < -0.3 is 34.9 Å². The lowest BCUT2D eigenvalue weighted by molar-refractivity contribution is -0.384. The molecule has 0 radical (unpaired) electrons. The van der Waals surface area contributed by atoms with Gasteiger partial charge in [0.1, 0.15) is 6.04 Å². The molecule has 3 N–H and O–H groups in total. The number of amides is 2. The van der Waals surface area contributed by atoms with Crippen LogP contribution in [-0.4, -0.2) is 78.9 Å². The molecule has 4 aromatic rings. The van der Waals surface area contributed by atoms with Crippen LogP contribution in [0.3, 0.4) is 0 Å². The van der Waals surface area contributed by atoms with Crippen molar-refractivity contribution in [2.24, 2.45) is 5.92 Å². The fourth-order valence-corrected chi connectivity index (χ4v) is 6.93. The Balaban J connectivity index is 1.09. The molecule has 0 spiro atoms. The molecule has 2 saturated heterocycles. The number of methoxy groups -OCH3 is 1. The first-order chi connectivity index (χ1) is 26.2. The number of non-ortho nitro benzene ring substituents is 1. The number of piperazine rings is 1. The minimum atomic E-state index is -0.831. The molecule has 54 heavy (non-hydrogen) atoms. The van der Waals surface area contributed by atoms with Crippen molar-refractivity contribution in [2.45, 2.75) is 51.0 Å². The van der Waals surface area contributed by atoms with Crippen LogP contribution in [0.25, 0.3) is 0 Å². The highest BCUT2D eigenvalue weighted by atomic mass is 16.7. The maximum atomic E-state index is 12.8. The van der Waals surface area contributed by atoms with Crippen molar-refractivity contribution in [3.63, 3.8) is 0 Å². The van der Waals surface area contributed by atoms with E-state index in [2.05, 4.69) is 27.4 Å². The van der Waals surface area contributed by atoms with Gasteiger partial charge in [0.2, 0.25) is 0 Å². The van der Waals surface area contributed by atoms with Gasteiger partial charge in [-0.2, -0.15) is 0 Å². The maximum absolute atomic E-state index is 12.8. The highest BCUT2D eigenvalue weighted by molar-refractivity contribution is 5.83. The number of hydrogen-bond donors (Lipinski definition) is 3. The van der Waals surface area contributed by atoms with Crippen molar-refractivity contribution >= 4 is 23.4 Å². The average Bonchev–Trinajstić information content (AvgIpc) is 3.21. The van der Waals surface area contributed by atoms with Crippen LogP contribution in [0.2, 0.25) is 0 Å². The second-order valence-corrected chi connectivity index (χ2v) is 13.7. The van der Waals surface area contributed by atoms with E-state index in [9.17, 15) is 24.8 Å². The lowest BCUT2D eigenvalue weighted by Crippen LogP contribution is -2.51. The van der Waals surface area contributed by atoms with Gasteiger partial charge in [0.05, 0.1) is 30.8 Å². The molecule has 0 aromatic heterocycles. The first-order valence-corrected chi connectivity index (χ1v) is 18.2. The number of carbonyl (C=O) groups is 2. The van der Waals surface area contributed by atoms with Crippen LogP contribution in [0.1, 0.15) is 47.1 Å². The number of ether oxygens (including phenoxy) is 3. The number of anilines is 1. The number of esters is 1. The molecule has 6 rings (SSSR count). The van der Waals surface area contributed by atoms with E-state index >= 15 is 0 Å². The summed E-state index contributed by atoms with van der Waals surface area (Å²) in [4.78, 5) is 40.5. The number of urea groups is 1. The molecule has 0 saturated carbocycles. The summed E-state index contributed by atoms with van der Waals surface area (Å²) in [5.41, 5.74) is 5.48. The number of nitrogens with zero attached hydrogens (tertiary/aromatic N) is 3. The Hall–Kier alpha value is -5.34. The molecule has 2 amide bonds. The molecule has 4 aromatic carbocycles. The summed E-state index contributed by atoms with van der Waals surface area (Å²) in [7, 11) is 1.30. The maximum Gasteiger partial charge on any atom is 0.328 e. The standard InChI is InChI=1S/C41H47N5O8/c1-28-37(26-44-20-22-45(23-21-44)34-16-18-35(19-17-34)46(50)51)53-40(54-38(28)32-12-10-31(27-47)11-13-32)33-14-8-30(9-15-33)25-42-41(49)43-36(39(48)52-2)24-29-6-4-3-5-7-29/h3-19,28,36-38,40,47H,20-27H2,1-2H3,(H2,42,43,49)/t28-,36-,37+,38+,40+/m0/s1. The predicted molar refractivity (Wildman–Crippen MR) is 202 cm³/mol. The van der Waals surface area contributed by atoms with Crippen molar-refractivity contribution in [1.82, 2.24) is 15.5 Å². The number of aliphatic hydroxyl groups excluding tert-OH is 1. The molecule has 2 fully saturated rings. The number of benzene rings is 4. The average molecular weight is 738 g/mol. The zero-order valence-corrected chi connectivity index (χ0v) is 30.5. The lowest BCUT2D eigenvalue weighted by Gasteiger charge is -2.44. The summed E-state index contributed by atoms with van der Waals surface area (Å²) in [6.07, 6.45) is -0.742. The van der Waals surface area contributed by atoms with Crippen LogP contribution in [0.4, 0.5) is 16.2 Å². The SMILES string of the molecule is COC(=O)[C@H](Cc1ccccc1)NC(=O)NCc1ccc([C@@H]2O[C@H](CN3CCN(c4ccc([N+](=O)[O-])cc4)CC3)[C@H](C)[C@H](c3ccc(CO)cc3)O2)cc1. The number of aliphatic hydroxyl groups is 1. The fraction of sp³-hybridized carbons (Fsp3) is 0.366. The first kappa shape index (κ1) is 38.4. The monoisotopic (exact) mass is 737 g/mol. The van der Waals surface area contributed by atoms with Gasteiger partial charge in [-0.3, -0.25) is 15.0 Å². The Labute approximate surface area is 315 Å². The fourth-order valence-electron chi connectivity index (χ4n) is 6.93. The van der Waals surface area contributed by atoms with Crippen molar-refractivity contribution in [3.05, 3.63) is 141 Å². The summed E-state index contributed by atoms with van der Waals surface area (Å²) in [5.74, 6) is -0.503. The van der Waals surface area contributed by atoms with E-state index in [1.54, 1.807) is 24.3 Å². The van der Waals surface area contributed by atoms with Crippen LogP contribution in [0.5, 0.6) is 0 Å². The van der Waals surface area contributed by atoms with Crippen LogP contribution in [-0.2, 0) is 38.6 Å². The van der Waals surface area contributed by atoms with Crippen molar-refractivity contribution < 1.29 is 33.8 Å². The van der Waals surface area contributed by atoms with Gasteiger partial charge in [0.25, 0.3) is 5.69 Å². The number of nitrogens with one attached hydrogen (secondary N) is 2. The molecular weight excluding hydrogens is 690 g/mol. The van der Waals surface area contributed by atoms with E-state index in [0.29, 0.717) is 13.0 Å². The van der Waals surface area contributed by atoms with E-state index in [4.69, 9.17) is 14.2 Å². The van der Waals surface area contributed by atoms with Gasteiger partial charge in [0.15, 0.2) is 6.29 Å². The highest BCUT2D eigenvalue weighted by Gasteiger charge is 2.39. The Morgan fingerprint density at radius 1 is 0.870 bits per heavy atom. The quantitative estimate of drug-likeness (QED) is 0.0938. The summed E-state index contributed by atoms with van der Waals surface area (Å²) in [6.45, 7) is 6.24. The third-order valence-electron chi connectivity index (χ3n) is 10.1. The van der Waals surface area contributed by atoms with E-state index in [1.165, 1.54) is 7.11 Å². The van der Waals surface area contributed by atoms with Crippen LogP contribution in [0, 0.1) is 16.0 Å². The number of rotatable bonds is 13. The molecule has 5 atom stereocenters. The number of nitro groups is 1. The Morgan fingerprint density at radius 2 is 1.52 bits per heavy atom. The minimum Gasteiger partial charge on any atom is -0.467 e. The first-order valence-electron chi connectivity index (χ1n) is 18.2. The van der Waals surface area contributed by atoms with Crippen molar-refractivity contribution in [3.8, 4) is 0 Å². The molecule has 2 heterocycles. The van der Waals surface area contributed by atoms with Gasteiger partial charge in [-0.05, 0) is 34.4 Å². The van der Waals surface area contributed by atoms with Crippen molar-refractivity contribution in [2.75, 3.05) is 44.7 Å². The number of carbonyl (C=O) groups excluding carboxylic acids is 2. The topological polar surface area (TPSA) is 156 Å². The molecule has 2 aliphatic rings. The van der Waals surface area contributed by atoms with Gasteiger partial charge in [-0.1, -0.05) is 85.8 Å². The molecule has 0 unspecified atom stereocenters. The number of nitro benzene ring substituents is 1. The van der Waals surface area contributed by atoms with Crippen LogP contribution < -0.4 is 15.5 Å². The van der Waals surface area contributed by atoms with E-state index in [1.807, 2.05) is 78.9 Å². The second-order valence-electron chi connectivity index (χ2n) is 13.7. The smallest absolute Gasteiger partial charge is 0.328 e. The molecule has 0 aliphatic carbocycles. The van der Waals surface area contributed by atoms with E-state index in [-0.39, 0.29) is 41.9 Å². The summed E-state index contributed by atoms with van der Waals surface area (Å²) >= 11 is 0. The Bertz CT molecular complexity index is 1830. The Morgan fingerprint density at radius 3 is 2.15 bits per heavy atom. The summed E-state index contributed by atoms with van der Waals surface area (Å²) in [6, 6.07) is 30.3. The minimum absolute atomic E-state index is 0.0200. The van der Waals surface area contributed by atoms with Crippen LogP contribution in [0.15, 0.2) is 103 Å². The van der Waals surface area contributed by atoms with E-state index < -0.39 is 24.3 Å². The Kier molecular flexibility index (Phi) is 12.9. The van der Waals surface area contributed by atoms with Gasteiger partial charge >= 0.3 is 12.0 Å². The lowest BCUT2D eigenvalue weighted by atomic mass is 9.90. The van der Waals surface area contributed by atoms with Crippen LogP contribution >= 0.6 is 0 Å². The van der Waals surface area contributed by atoms with Gasteiger partial charge in [0, 0.05) is 75.0 Å². The zero-order chi connectivity index (χ0) is 38.0. The molecule has 2 aliphatic heterocycles. The van der Waals surface area contributed by atoms with Crippen molar-refractivity contribution in [1.29, 1.82) is 0 Å². The molecule has 13 nitrogen and oxygen atoms in total. The molecule has 13 heteroatoms. The second kappa shape index (κ2) is 18.1. The third-order valence-corrected chi connectivity index (χ3v) is 10.1. The van der Waals surface area contributed by atoms with E-state index in [0.717, 1.165) is 59.7 Å². The number of hydrogen-bond acceptors (Lipinski definition) is 10. The largest absolute Gasteiger partial charge is 0.467 e. The third kappa shape index (κ3) is 9.79. The molecule has 284 valence electrons. The normalized spacial score (nSPS) is 20.8. The summed E-state index contributed by atoms with van der Waals surface area (Å²) < 4.78 is 18.3.